The minimum atomic E-state index is -5.83. The number of aromatic amines is 1. The largest absolute Gasteiger partial charge is 0.748 e. The van der Waals surface area contributed by atoms with E-state index in [1.54, 1.807) is 67.7 Å². The van der Waals surface area contributed by atoms with Gasteiger partial charge in [-0.1, -0.05) is 36.1 Å². The van der Waals surface area contributed by atoms with Crippen LogP contribution >= 0.6 is 23.5 Å². The maximum atomic E-state index is 14.8. The van der Waals surface area contributed by atoms with Crippen LogP contribution in [0.4, 0.5) is 11.6 Å². The number of amides is 2. The Morgan fingerprint density at radius 3 is 2.32 bits per heavy atom. The number of carbonyl (C=O) groups excluding carboxylic acids is 2. The molecule has 1 fully saturated rings. The van der Waals surface area contributed by atoms with Crippen LogP contribution in [0.15, 0.2) is 71.7 Å². The standard InChI is InChI=1S/C55H65N8O22P3S2/c1-8-62-40-22-43-38(20-36(40)32(25-54(62,3)4)29-89(75,76)77)49(39-21-37-33(30-90(78,79)80)26-55(5,6)63(9-2)41(37)23-44(39)82-43)34-15-10-11-16-35(34)52(67)60(7)19-13-17-46(65)57-18-12-14-31-27-61(50-48(31)51(66)59-53(56)58-50)47-24-42(64)45(83-47)28-81-87(71,72)85-88(73,74)84-86(68,69)70/h10-11,15-16,20-23,25-27,42,45,47,64H,8-9,13,17-19,24,28-30H2,1-7H3,(H9-,56,57,58,59,65,66,68,69,70,71,72,73,74,75,76,77,78,79,80)/t42-,45+,47+/m0/s1. The number of hydrogen-bond donors (Lipinski definition) is 9. The van der Waals surface area contributed by atoms with E-state index in [4.69, 9.17) is 25.0 Å². The lowest BCUT2D eigenvalue weighted by Crippen LogP contribution is -2.50. The number of rotatable bonds is 21. The molecule has 0 saturated carbocycles. The van der Waals surface area contributed by atoms with Crippen LogP contribution in [0.2, 0.25) is 0 Å². The third kappa shape index (κ3) is 14.9. The molecule has 2 unspecified atom stereocenters. The molecule has 0 radical (unpaired) electrons. The zero-order chi connectivity index (χ0) is 66.0. The van der Waals surface area contributed by atoms with E-state index in [0.29, 0.717) is 74.3 Å². The number of hydrogen-bond acceptors (Lipinski definition) is 20. The minimum absolute atomic E-state index is 0.0671. The summed E-state index contributed by atoms with van der Waals surface area (Å²) in [6, 6.07) is 13.8. The number of aliphatic hydroxyl groups excluding tert-OH is 1. The van der Waals surface area contributed by atoms with Crippen molar-refractivity contribution in [2.24, 2.45) is 0 Å². The molecule has 0 spiro atoms. The molecule has 484 valence electrons. The molecule has 2 amide bonds. The van der Waals surface area contributed by atoms with Gasteiger partial charge >= 0.3 is 23.5 Å². The molecule has 6 heterocycles. The van der Waals surface area contributed by atoms with Crippen molar-refractivity contribution in [3.63, 3.8) is 0 Å². The first-order valence-corrected chi connectivity index (χ1v) is 35.4. The number of ether oxygens (including phenoxy) is 2. The van der Waals surface area contributed by atoms with E-state index in [1.807, 2.05) is 41.5 Å². The van der Waals surface area contributed by atoms with E-state index in [1.165, 1.54) is 15.7 Å². The number of phosphoric ester groups is 1. The van der Waals surface area contributed by atoms with Gasteiger partial charge in [0.1, 0.15) is 36.1 Å². The van der Waals surface area contributed by atoms with Crippen molar-refractivity contribution >= 4 is 94.9 Å². The number of anilines is 2. The number of carbonyl (C=O) groups is 2. The first-order valence-electron chi connectivity index (χ1n) is 27.7. The lowest BCUT2D eigenvalue weighted by atomic mass is 9.83. The normalized spacial score (nSPS) is 19.8. The predicted octanol–water partition coefficient (Wildman–Crippen LogP) is 2.79. The summed E-state index contributed by atoms with van der Waals surface area (Å²) in [6.07, 6.45) is 0.656. The van der Waals surface area contributed by atoms with E-state index in [2.05, 4.69) is 49.7 Å². The zero-order valence-electron chi connectivity index (χ0n) is 49.3. The number of aromatic nitrogens is 3. The van der Waals surface area contributed by atoms with Gasteiger partial charge < -0.3 is 64.1 Å². The molecule has 0 bridgehead atoms. The number of nitrogens with one attached hydrogen (secondary N) is 2. The van der Waals surface area contributed by atoms with E-state index >= 15 is 0 Å². The maximum Gasteiger partial charge on any atom is 0.490 e. The summed E-state index contributed by atoms with van der Waals surface area (Å²) in [5, 5.41) is 14.4. The van der Waals surface area contributed by atoms with Gasteiger partial charge in [-0.05, 0) is 75.1 Å². The summed E-state index contributed by atoms with van der Waals surface area (Å²) in [4.78, 5) is 88.3. The summed E-state index contributed by atoms with van der Waals surface area (Å²) < 4.78 is 136. The molecule has 90 heavy (non-hydrogen) atoms. The molecule has 2 aromatic heterocycles. The summed E-state index contributed by atoms with van der Waals surface area (Å²) in [5.41, 5.74) is 7.24. The molecular formula is C55H65N8O22P3S2. The number of fused-ring (bicyclic) bond motifs is 5. The maximum absolute atomic E-state index is 14.8. The first-order chi connectivity index (χ1) is 41.8. The molecular weight excluding hydrogens is 1280 g/mol. The molecule has 10 N–H and O–H groups in total. The Labute approximate surface area is 515 Å². The van der Waals surface area contributed by atoms with Crippen molar-refractivity contribution in [2.75, 3.05) is 62.0 Å². The van der Waals surface area contributed by atoms with Crippen LogP contribution in [0.25, 0.3) is 27.8 Å². The van der Waals surface area contributed by atoms with Crippen LogP contribution < -0.4 is 41.4 Å². The lowest BCUT2D eigenvalue weighted by molar-refractivity contribution is -0.121. The van der Waals surface area contributed by atoms with Crippen molar-refractivity contribution in [2.45, 2.75) is 90.3 Å². The number of benzene rings is 3. The zero-order valence-corrected chi connectivity index (χ0v) is 53.7. The Morgan fingerprint density at radius 2 is 1.66 bits per heavy atom. The van der Waals surface area contributed by atoms with Crippen LogP contribution in [0, 0.1) is 11.8 Å². The summed E-state index contributed by atoms with van der Waals surface area (Å²) in [7, 11) is -24.9. The Bertz CT molecular complexity index is 4530. The van der Waals surface area contributed by atoms with Gasteiger partial charge in [0.15, 0.2) is 11.2 Å². The summed E-state index contributed by atoms with van der Waals surface area (Å²) in [5.74, 6) is 3.49. The lowest BCUT2D eigenvalue weighted by Gasteiger charge is -2.44. The number of nitrogen functional groups attached to an aromatic ring is 1. The van der Waals surface area contributed by atoms with E-state index in [0.717, 1.165) is 0 Å². The van der Waals surface area contributed by atoms with Crippen LogP contribution in [-0.4, -0.2) is 156 Å². The molecule has 3 aromatic carbocycles. The Morgan fingerprint density at radius 1 is 0.956 bits per heavy atom. The number of nitrogens with two attached hydrogens (primary N) is 1. The van der Waals surface area contributed by atoms with Crippen molar-refractivity contribution < 1.29 is 96.5 Å². The number of phosphoric acid groups is 3. The van der Waals surface area contributed by atoms with Gasteiger partial charge in [-0.3, -0.25) is 28.4 Å². The second kappa shape index (κ2) is 25.1. The van der Waals surface area contributed by atoms with Crippen molar-refractivity contribution in [3.05, 3.63) is 121 Å². The third-order valence-corrected chi connectivity index (χ3v) is 20.4. The van der Waals surface area contributed by atoms with Crippen molar-refractivity contribution in [3.8, 4) is 23.3 Å². The fourth-order valence-corrected chi connectivity index (χ4v) is 16.1. The van der Waals surface area contributed by atoms with E-state index in [-0.39, 0.29) is 66.0 Å². The van der Waals surface area contributed by atoms with Gasteiger partial charge in [0.2, 0.25) is 17.2 Å². The monoisotopic (exact) mass is 1350 g/mol. The Balaban J connectivity index is 0.956. The summed E-state index contributed by atoms with van der Waals surface area (Å²) in [6.45, 7) is 11.4. The quantitative estimate of drug-likeness (QED) is 0.0216. The predicted molar refractivity (Wildman–Crippen MR) is 325 cm³/mol. The number of H-pyrrole nitrogens is 1. The van der Waals surface area contributed by atoms with Gasteiger partial charge in [0.25, 0.3) is 21.6 Å². The molecule has 4 aliphatic heterocycles. The Hall–Kier alpha value is -6.72. The fraction of sp³-hybridized carbons (Fsp3) is 0.400. The smallest absolute Gasteiger partial charge is 0.490 e. The molecule has 1 saturated heterocycles. The highest BCUT2D eigenvalue weighted by Gasteiger charge is 2.44. The number of likely N-dealkylation sites (N-methyl/N-ethyl adjacent to an activating group) is 2. The van der Waals surface area contributed by atoms with Gasteiger partial charge in [-0.2, -0.15) is 22.0 Å². The molecule has 4 aliphatic rings. The molecule has 5 aromatic rings. The van der Waals surface area contributed by atoms with Gasteiger partial charge in [0, 0.05) is 92.3 Å². The molecule has 35 heteroatoms. The third-order valence-electron chi connectivity index (χ3n) is 15.3. The van der Waals surface area contributed by atoms with E-state index < -0.39 is 109 Å². The minimum Gasteiger partial charge on any atom is -0.748 e. The van der Waals surface area contributed by atoms with E-state index in [9.17, 15) is 68.9 Å². The molecule has 5 atom stereocenters. The highest BCUT2D eigenvalue weighted by Crippen LogP contribution is 2.66. The average molecular weight is 1350 g/mol. The van der Waals surface area contributed by atoms with Gasteiger partial charge in [-0.25, -0.2) is 26.7 Å². The average Bonchev–Trinajstić information content (AvgIpc) is 1.73. The summed E-state index contributed by atoms with van der Waals surface area (Å²) >= 11 is 0. The van der Waals surface area contributed by atoms with Gasteiger partial charge in [0.05, 0.1) is 63.2 Å². The van der Waals surface area contributed by atoms with Crippen LogP contribution in [0.3, 0.4) is 0 Å². The van der Waals surface area contributed by atoms with Crippen LogP contribution in [-0.2, 0) is 56.6 Å². The van der Waals surface area contributed by atoms with Crippen molar-refractivity contribution in [1.29, 1.82) is 0 Å². The van der Waals surface area contributed by atoms with Crippen LogP contribution in [0.5, 0.6) is 11.5 Å². The number of aliphatic hydroxyl groups is 1. The molecule has 0 aliphatic carbocycles. The second-order valence-corrected chi connectivity index (χ2v) is 29.9. The first kappa shape index (κ1) is 67.7. The van der Waals surface area contributed by atoms with Crippen molar-refractivity contribution in [1.82, 2.24) is 29.3 Å². The van der Waals surface area contributed by atoms with Gasteiger partial charge in [-0.15, -0.1) is 0 Å². The number of nitrogens with zero attached hydrogens (tertiary/aromatic N) is 5. The fourth-order valence-electron chi connectivity index (χ4n) is 11.8. The highest BCUT2D eigenvalue weighted by atomic mass is 32.2. The Kier molecular flexibility index (Phi) is 18.8. The SMILES string of the molecule is CCN1c2cc3c(cc2C(CS(=O)(=O)[O-])=CC1(C)C)C(c1ccccc1C(=O)N(C)CCCC(=O)NCC#Cc1cn([C@H]2C[C@H](O)[C@@H](COP(=O)(O)OP(=O)(O)OP(=O)(O)O)O2)c2nc(N)[nH]c(=O)c12)=c1cc2c(cc1O3)=[N+](CC)C(C)(C)C=C2CS(=O)(=O)O. The van der Waals surface area contributed by atoms with Crippen LogP contribution in [0.1, 0.15) is 105 Å². The molecule has 30 nitrogen and oxygen atoms in total. The topological polar surface area (TPSA) is 442 Å². The highest BCUT2D eigenvalue weighted by molar-refractivity contribution is 7.86. The second-order valence-electron chi connectivity index (χ2n) is 22.6. The molecule has 9 rings (SSSR count).